The van der Waals surface area contributed by atoms with Gasteiger partial charge in [0.1, 0.15) is 30.1 Å². The second-order valence-corrected chi connectivity index (χ2v) is 14.7. The number of esters is 1. The lowest BCUT2D eigenvalue weighted by molar-refractivity contribution is -0.235. The van der Waals surface area contributed by atoms with Crippen LogP contribution in [0.15, 0.2) is 0 Å². The zero-order valence-corrected chi connectivity index (χ0v) is 24.9. The molecule has 8 N–H and O–H groups in total. The molecule has 0 spiro atoms. The number of aliphatic hydroxyl groups is 6. The molecule has 1 saturated heterocycles. The van der Waals surface area contributed by atoms with E-state index in [1.165, 1.54) is 7.11 Å². The Morgan fingerprint density at radius 3 is 2.39 bits per heavy atom. The highest BCUT2D eigenvalue weighted by molar-refractivity contribution is 5.69. The molecule has 0 radical (unpaired) electrons. The van der Waals surface area contributed by atoms with Gasteiger partial charge in [-0.25, -0.2) is 0 Å². The topological polar surface area (TPSA) is 183 Å². The van der Waals surface area contributed by atoms with Gasteiger partial charge in [-0.2, -0.15) is 0 Å². The molecule has 0 unspecified atom stereocenters. The Bertz CT molecular complexity index is 947. The maximum atomic E-state index is 12.2. The predicted octanol–water partition coefficient (Wildman–Crippen LogP) is 1.07. The lowest BCUT2D eigenvalue weighted by Gasteiger charge is -2.63. The van der Waals surface area contributed by atoms with Crippen molar-refractivity contribution in [1.82, 2.24) is 0 Å². The average Bonchev–Trinajstić information content (AvgIpc) is 3.30. The number of nitrogens with two attached hydrogens (primary N) is 1. The van der Waals surface area contributed by atoms with Gasteiger partial charge in [0.05, 0.1) is 25.9 Å². The van der Waals surface area contributed by atoms with Gasteiger partial charge in [0.15, 0.2) is 0 Å². The van der Waals surface area contributed by atoms with E-state index in [1.807, 2.05) is 0 Å². The second-order valence-electron chi connectivity index (χ2n) is 14.7. The number of carbonyl (C=O) groups excluding carboxylic acids is 1. The Hall–Kier alpha value is -0.850. The molecule has 0 bridgehead atoms. The predicted molar refractivity (Wildman–Crippen MR) is 149 cm³/mol. The van der Waals surface area contributed by atoms with Crippen LogP contribution in [0.2, 0.25) is 0 Å². The van der Waals surface area contributed by atoms with Crippen molar-refractivity contribution in [3.05, 3.63) is 0 Å². The largest absolute Gasteiger partial charge is 0.469 e. The van der Waals surface area contributed by atoms with Crippen LogP contribution in [0.4, 0.5) is 0 Å². The Balaban J connectivity index is 1.40. The van der Waals surface area contributed by atoms with E-state index in [-0.39, 0.29) is 35.1 Å². The summed E-state index contributed by atoms with van der Waals surface area (Å²) in [6, 6.07) is 0. The summed E-state index contributed by atoms with van der Waals surface area (Å²) in [5.41, 5.74) is 4.73. The first-order chi connectivity index (χ1) is 19.3. The summed E-state index contributed by atoms with van der Waals surface area (Å²) >= 11 is 0. The van der Waals surface area contributed by atoms with Crippen LogP contribution in [0.3, 0.4) is 0 Å². The summed E-state index contributed by atoms with van der Waals surface area (Å²) in [5, 5.41) is 63.9. The van der Waals surface area contributed by atoms with Gasteiger partial charge in [-0.15, -0.1) is 0 Å². The SMILES string of the molecule is COC(=O)CC[C@@H](C[C@H]1O[C@H](CO)[C@@H](O)[C@H](O)[C@H]1O)[C@H]1CC[C@H]2[C@@H]3CC[C@@H]4C[C@](N)(O)CC[C@]4(C)[C@H]3C[C@H](O)[C@]12C. The van der Waals surface area contributed by atoms with Crippen LogP contribution >= 0.6 is 0 Å². The quantitative estimate of drug-likeness (QED) is 0.169. The minimum atomic E-state index is -1.45. The number of aliphatic hydroxyl groups excluding tert-OH is 5. The Kier molecular flexibility index (Phi) is 8.92. The van der Waals surface area contributed by atoms with Crippen molar-refractivity contribution < 1.29 is 44.9 Å². The molecule has 10 nitrogen and oxygen atoms in total. The molecule has 15 atom stereocenters. The van der Waals surface area contributed by atoms with Gasteiger partial charge < -0.3 is 45.8 Å². The van der Waals surface area contributed by atoms with Crippen molar-refractivity contribution in [2.45, 2.75) is 127 Å². The molecule has 4 aliphatic carbocycles. The Labute approximate surface area is 243 Å². The van der Waals surface area contributed by atoms with Crippen molar-refractivity contribution in [3.8, 4) is 0 Å². The van der Waals surface area contributed by atoms with Crippen LogP contribution < -0.4 is 5.73 Å². The minimum absolute atomic E-state index is 0.0372. The van der Waals surface area contributed by atoms with E-state index in [0.717, 1.165) is 32.1 Å². The highest BCUT2D eigenvalue weighted by Crippen LogP contribution is 2.69. The maximum Gasteiger partial charge on any atom is 0.305 e. The van der Waals surface area contributed by atoms with E-state index in [1.54, 1.807) is 0 Å². The molecule has 0 amide bonds. The molecular formula is C31H53NO9. The van der Waals surface area contributed by atoms with E-state index in [0.29, 0.717) is 55.8 Å². The van der Waals surface area contributed by atoms with Gasteiger partial charge in [0, 0.05) is 6.42 Å². The number of methoxy groups -OCH3 is 1. The zero-order chi connectivity index (χ0) is 29.9. The highest BCUT2D eigenvalue weighted by atomic mass is 16.5. The summed E-state index contributed by atoms with van der Waals surface area (Å²) in [7, 11) is 1.36. The molecule has 5 rings (SSSR count). The lowest BCUT2D eigenvalue weighted by Crippen LogP contribution is -2.61. The first-order valence-electron chi connectivity index (χ1n) is 15.8. The van der Waals surface area contributed by atoms with Crippen molar-refractivity contribution in [1.29, 1.82) is 0 Å². The molecule has 0 aromatic carbocycles. The average molecular weight is 584 g/mol. The van der Waals surface area contributed by atoms with Crippen LogP contribution in [0.1, 0.15) is 84.5 Å². The zero-order valence-electron chi connectivity index (χ0n) is 24.9. The summed E-state index contributed by atoms with van der Waals surface area (Å²) in [6.07, 6.45) is 1.19. The first kappa shape index (κ1) is 31.6. The maximum absolute atomic E-state index is 12.2. The van der Waals surface area contributed by atoms with Gasteiger partial charge in [-0.05, 0) is 111 Å². The van der Waals surface area contributed by atoms with E-state index < -0.39 is 49.0 Å². The van der Waals surface area contributed by atoms with E-state index in [4.69, 9.17) is 15.2 Å². The fraction of sp³-hybridized carbons (Fsp3) is 0.968. The third kappa shape index (κ3) is 5.39. The van der Waals surface area contributed by atoms with Crippen LogP contribution in [0.5, 0.6) is 0 Å². The summed E-state index contributed by atoms with van der Waals surface area (Å²) in [4.78, 5) is 12.2. The molecule has 1 heterocycles. The van der Waals surface area contributed by atoms with E-state index >= 15 is 0 Å². The van der Waals surface area contributed by atoms with Crippen LogP contribution in [-0.2, 0) is 14.3 Å². The molecular weight excluding hydrogens is 530 g/mol. The third-order valence-corrected chi connectivity index (χ3v) is 13.0. The minimum Gasteiger partial charge on any atom is -0.469 e. The molecule has 4 saturated carbocycles. The smallest absolute Gasteiger partial charge is 0.305 e. The molecule has 5 aliphatic rings. The lowest BCUT2D eigenvalue weighted by atomic mass is 9.43. The molecule has 41 heavy (non-hydrogen) atoms. The summed E-state index contributed by atoms with van der Waals surface area (Å²) in [5.74, 6) is 1.12. The fourth-order valence-corrected chi connectivity index (χ4v) is 10.6. The van der Waals surface area contributed by atoms with E-state index in [2.05, 4.69) is 13.8 Å². The number of hydrogen-bond donors (Lipinski definition) is 7. The summed E-state index contributed by atoms with van der Waals surface area (Å²) < 4.78 is 10.8. The van der Waals surface area contributed by atoms with Gasteiger partial charge >= 0.3 is 5.97 Å². The molecule has 1 aliphatic heterocycles. The van der Waals surface area contributed by atoms with Crippen LogP contribution in [0.25, 0.3) is 0 Å². The monoisotopic (exact) mass is 583 g/mol. The van der Waals surface area contributed by atoms with Crippen LogP contribution in [0, 0.1) is 46.3 Å². The number of hydrogen-bond acceptors (Lipinski definition) is 10. The standard InChI is InChI=1S/C31H53NO9/c1-29-10-11-31(32,39)14-17(29)5-6-18-20-8-7-19(30(20,2)24(34)13-21(18)29)16(4-9-25(35)40-3)12-22-26(36)28(38)27(37)23(15-33)41-22/h16-24,26-28,33-34,36-39H,4-15,32H2,1-3H3/t16-,17+,18-,19+,20-,21-,22+,23+,24-,26-,27+,28+,29-,30+,31+/m0/s1. The molecule has 0 aromatic rings. The number of carbonyl (C=O) groups is 1. The Morgan fingerprint density at radius 2 is 1.71 bits per heavy atom. The van der Waals surface area contributed by atoms with Crippen molar-refractivity contribution in [2.75, 3.05) is 13.7 Å². The summed E-state index contributed by atoms with van der Waals surface area (Å²) in [6.45, 7) is 4.08. The van der Waals surface area contributed by atoms with Gasteiger partial charge in [-0.1, -0.05) is 13.8 Å². The second kappa shape index (κ2) is 11.6. The molecule has 5 fully saturated rings. The van der Waals surface area contributed by atoms with Gasteiger partial charge in [0.2, 0.25) is 0 Å². The number of rotatable bonds is 7. The van der Waals surface area contributed by atoms with Crippen molar-refractivity contribution in [3.63, 3.8) is 0 Å². The number of fused-ring (bicyclic) bond motifs is 5. The van der Waals surface area contributed by atoms with E-state index in [9.17, 15) is 35.4 Å². The van der Waals surface area contributed by atoms with Crippen LogP contribution in [-0.4, -0.2) is 92.7 Å². The molecule has 10 heteroatoms. The third-order valence-electron chi connectivity index (χ3n) is 13.0. The number of ether oxygens (including phenoxy) is 2. The van der Waals surface area contributed by atoms with Crippen molar-refractivity contribution >= 4 is 5.97 Å². The normalized spacial score (nSPS) is 52.2. The first-order valence-corrected chi connectivity index (χ1v) is 15.8. The Morgan fingerprint density at radius 1 is 1.00 bits per heavy atom. The fourth-order valence-electron chi connectivity index (χ4n) is 10.6. The van der Waals surface area contributed by atoms with Gasteiger partial charge in [-0.3, -0.25) is 4.79 Å². The molecule has 0 aromatic heterocycles. The van der Waals surface area contributed by atoms with Gasteiger partial charge in [0.25, 0.3) is 0 Å². The highest BCUT2D eigenvalue weighted by Gasteiger charge is 2.64. The van der Waals surface area contributed by atoms with Crippen molar-refractivity contribution in [2.24, 2.45) is 52.1 Å². The molecule has 236 valence electrons.